The van der Waals surface area contributed by atoms with E-state index in [4.69, 9.17) is 9.84 Å². The second-order valence-corrected chi connectivity index (χ2v) is 5.15. The highest BCUT2D eigenvalue weighted by Gasteiger charge is 2.27. The summed E-state index contributed by atoms with van der Waals surface area (Å²) in [6.45, 7) is 0.733. The zero-order chi connectivity index (χ0) is 12.1. The van der Waals surface area contributed by atoms with Gasteiger partial charge in [-0.3, -0.25) is 0 Å². The Bertz CT molecular complexity index is 345. The highest BCUT2D eigenvalue weighted by atomic mass is 32.1. The number of nitrogens with one attached hydrogen (secondary N) is 1. The molecule has 0 saturated heterocycles. The second-order valence-electron chi connectivity index (χ2n) is 4.40. The van der Waals surface area contributed by atoms with E-state index in [0.717, 1.165) is 23.8 Å². The average Bonchev–Trinajstić information content (AvgIpc) is 2.91. The minimum absolute atomic E-state index is 0.272. The van der Waals surface area contributed by atoms with Crippen molar-refractivity contribution in [1.82, 2.24) is 9.36 Å². The van der Waals surface area contributed by atoms with Gasteiger partial charge in [-0.15, -0.1) is 0 Å². The quantitative estimate of drug-likeness (QED) is 0.811. The van der Waals surface area contributed by atoms with Gasteiger partial charge in [-0.1, -0.05) is 6.42 Å². The maximum absolute atomic E-state index is 9.01. The molecule has 2 N–H and O–H groups in total. The molecule has 0 bridgehead atoms. The fourth-order valence-electron chi connectivity index (χ4n) is 2.40. The van der Waals surface area contributed by atoms with E-state index in [1.165, 1.54) is 24.4 Å². The molecule has 0 aromatic carbocycles. The van der Waals surface area contributed by atoms with E-state index in [-0.39, 0.29) is 6.61 Å². The lowest BCUT2D eigenvalue weighted by molar-refractivity contribution is 0.179. The van der Waals surface area contributed by atoms with Crippen LogP contribution < -0.4 is 5.32 Å². The largest absolute Gasteiger partial charge is 0.396 e. The summed E-state index contributed by atoms with van der Waals surface area (Å²) in [6.07, 6.45) is 4.46. The van der Waals surface area contributed by atoms with E-state index < -0.39 is 0 Å². The van der Waals surface area contributed by atoms with Gasteiger partial charge in [-0.2, -0.15) is 4.37 Å². The molecule has 0 amide bonds. The predicted molar refractivity (Wildman–Crippen MR) is 67.1 cm³/mol. The Hall–Kier alpha value is -0.720. The Labute approximate surface area is 105 Å². The molecule has 17 heavy (non-hydrogen) atoms. The topological polar surface area (TPSA) is 67.3 Å². The van der Waals surface area contributed by atoms with Crippen molar-refractivity contribution < 1.29 is 9.84 Å². The van der Waals surface area contributed by atoms with Crippen LogP contribution in [0, 0.1) is 5.92 Å². The first kappa shape index (κ1) is 12.7. The van der Waals surface area contributed by atoms with Gasteiger partial charge < -0.3 is 15.2 Å². The highest BCUT2D eigenvalue weighted by molar-refractivity contribution is 7.09. The molecule has 6 heteroatoms. The monoisotopic (exact) mass is 257 g/mol. The lowest BCUT2D eigenvalue weighted by atomic mass is 10.0. The van der Waals surface area contributed by atoms with Crippen molar-refractivity contribution in [3.63, 3.8) is 0 Å². The van der Waals surface area contributed by atoms with Gasteiger partial charge in [0.1, 0.15) is 6.61 Å². The number of methoxy groups -OCH3 is 1. The van der Waals surface area contributed by atoms with Gasteiger partial charge in [0.25, 0.3) is 0 Å². The van der Waals surface area contributed by atoms with E-state index in [0.29, 0.717) is 18.6 Å². The first-order valence-corrected chi connectivity index (χ1v) is 6.79. The summed E-state index contributed by atoms with van der Waals surface area (Å²) in [5.74, 6) is 1.30. The minimum Gasteiger partial charge on any atom is -0.396 e. The van der Waals surface area contributed by atoms with Crippen molar-refractivity contribution in [1.29, 1.82) is 0 Å². The second kappa shape index (κ2) is 6.28. The minimum atomic E-state index is 0.272. The van der Waals surface area contributed by atoms with Gasteiger partial charge >= 0.3 is 0 Å². The molecule has 1 heterocycles. The number of aromatic nitrogens is 2. The number of hydrogen-bond donors (Lipinski definition) is 2. The molecule has 0 aliphatic heterocycles. The number of nitrogens with zero attached hydrogens (tertiary/aromatic N) is 2. The molecule has 2 unspecified atom stereocenters. The summed E-state index contributed by atoms with van der Waals surface area (Å²) in [7, 11) is 1.64. The van der Waals surface area contributed by atoms with E-state index >= 15 is 0 Å². The number of anilines is 1. The van der Waals surface area contributed by atoms with E-state index in [1.807, 2.05) is 0 Å². The van der Waals surface area contributed by atoms with Gasteiger partial charge in [-0.05, 0) is 25.2 Å². The van der Waals surface area contributed by atoms with Crippen molar-refractivity contribution in [2.45, 2.75) is 38.3 Å². The molecule has 1 aliphatic rings. The van der Waals surface area contributed by atoms with E-state index in [1.54, 1.807) is 7.11 Å². The third-order valence-corrected chi connectivity index (χ3v) is 3.89. The predicted octanol–water partition coefficient (Wildman–Crippen LogP) is 1.65. The molecular weight excluding hydrogens is 238 g/mol. The Balaban J connectivity index is 1.90. The maximum atomic E-state index is 9.01. The molecule has 2 rings (SSSR count). The zero-order valence-electron chi connectivity index (χ0n) is 10.1. The molecule has 0 spiro atoms. The van der Waals surface area contributed by atoms with Crippen LogP contribution in [0.2, 0.25) is 0 Å². The lowest BCUT2D eigenvalue weighted by Crippen LogP contribution is -2.24. The summed E-state index contributed by atoms with van der Waals surface area (Å²) >= 11 is 1.38. The van der Waals surface area contributed by atoms with Crippen LogP contribution in [0.5, 0.6) is 0 Å². The Kier molecular flexibility index (Phi) is 4.70. The SMILES string of the molecule is COCc1nsc(NC2CCCC2CCO)n1. The lowest BCUT2D eigenvalue weighted by Gasteiger charge is -2.19. The summed E-state index contributed by atoms with van der Waals surface area (Å²) in [4.78, 5) is 4.37. The smallest absolute Gasteiger partial charge is 0.202 e. The molecular formula is C11H19N3O2S. The Morgan fingerprint density at radius 2 is 2.41 bits per heavy atom. The van der Waals surface area contributed by atoms with Gasteiger partial charge in [0.15, 0.2) is 5.82 Å². The number of hydrogen-bond acceptors (Lipinski definition) is 6. The number of aliphatic hydroxyl groups excluding tert-OH is 1. The van der Waals surface area contributed by atoms with Crippen LogP contribution in [0.4, 0.5) is 5.13 Å². The molecule has 0 radical (unpaired) electrons. The van der Waals surface area contributed by atoms with Crippen LogP contribution in [0.15, 0.2) is 0 Å². The van der Waals surface area contributed by atoms with Crippen molar-refractivity contribution in [3.05, 3.63) is 5.82 Å². The normalized spacial score (nSPS) is 24.1. The molecule has 1 fully saturated rings. The standard InChI is InChI=1S/C11H19N3O2S/c1-16-7-10-13-11(17-14-10)12-9-4-2-3-8(9)5-6-15/h8-9,15H,2-7H2,1H3,(H,12,13,14). The summed E-state index contributed by atoms with van der Waals surface area (Å²) < 4.78 is 9.20. The third-order valence-electron chi connectivity index (χ3n) is 3.21. The Morgan fingerprint density at radius 3 is 3.18 bits per heavy atom. The first-order chi connectivity index (χ1) is 8.33. The van der Waals surface area contributed by atoms with Crippen molar-refractivity contribution in [2.24, 2.45) is 5.92 Å². The average molecular weight is 257 g/mol. The van der Waals surface area contributed by atoms with E-state index in [9.17, 15) is 0 Å². The first-order valence-electron chi connectivity index (χ1n) is 6.02. The molecule has 1 aromatic heterocycles. The van der Waals surface area contributed by atoms with Gasteiger partial charge in [0.2, 0.25) is 5.13 Å². The van der Waals surface area contributed by atoms with Crippen LogP contribution in [0.3, 0.4) is 0 Å². The maximum Gasteiger partial charge on any atom is 0.202 e. The van der Waals surface area contributed by atoms with Gasteiger partial charge in [0, 0.05) is 31.3 Å². The van der Waals surface area contributed by atoms with Crippen molar-refractivity contribution >= 4 is 16.7 Å². The van der Waals surface area contributed by atoms with E-state index in [2.05, 4.69) is 14.7 Å². The molecule has 1 saturated carbocycles. The van der Waals surface area contributed by atoms with Crippen molar-refractivity contribution in [2.75, 3.05) is 19.0 Å². The van der Waals surface area contributed by atoms with Crippen LogP contribution in [-0.2, 0) is 11.3 Å². The molecule has 96 valence electrons. The fourth-order valence-corrected chi connectivity index (χ4v) is 3.03. The molecule has 2 atom stereocenters. The van der Waals surface area contributed by atoms with Crippen LogP contribution in [0.25, 0.3) is 0 Å². The number of ether oxygens (including phenoxy) is 1. The van der Waals surface area contributed by atoms with Crippen LogP contribution in [0.1, 0.15) is 31.5 Å². The number of aliphatic hydroxyl groups is 1. The summed E-state index contributed by atoms with van der Waals surface area (Å²) in [6, 6.07) is 0.436. The zero-order valence-corrected chi connectivity index (χ0v) is 10.9. The summed E-state index contributed by atoms with van der Waals surface area (Å²) in [5.41, 5.74) is 0. The highest BCUT2D eigenvalue weighted by Crippen LogP contribution is 2.31. The van der Waals surface area contributed by atoms with Crippen LogP contribution >= 0.6 is 11.5 Å². The third kappa shape index (κ3) is 3.37. The fraction of sp³-hybridized carbons (Fsp3) is 0.818. The molecule has 5 nitrogen and oxygen atoms in total. The molecule has 1 aliphatic carbocycles. The molecule has 1 aromatic rings. The van der Waals surface area contributed by atoms with Gasteiger partial charge in [-0.25, -0.2) is 4.98 Å². The Morgan fingerprint density at radius 1 is 1.53 bits per heavy atom. The summed E-state index contributed by atoms with van der Waals surface area (Å²) in [5, 5.41) is 13.3. The van der Waals surface area contributed by atoms with Crippen molar-refractivity contribution in [3.8, 4) is 0 Å². The van der Waals surface area contributed by atoms with Gasteiger partial charge in [0.05, 0.1) is 0 Å². The van der Waals surface area contributed by atoms with Crippen LogP contribution in [-0.4, -0.2) is 34.2 Å². The number of rotatable bonds is 6.